The van der Waals surface area contributed by atoms with Crippen LogP contribution in [0.25, 0.3) is 0 Å². The molecule has 0 aliphatic carbocycles. The summed E-state index contributed by atoms with van der Waals surface area (Å²) in [5.74, 6) is -0.140. The molecule has 0 saturated carbocycles. The van der Waals surface area contributed by atoms with Crippen LogP contribution in [0.2, 0.25) is 0 Å². The molecule has 2 heterocycles. The fraction of sp³-hybridized carbons (Fsp3) is 0.474. The number of carbonyl (C=O) groups is 1. The molecule has 146 valence electrons. The van der Waals surface area contributed by atoms with Gasteiger partial charge in [0.15, 0.2) is 0 Å². The molecule has 1 amide bonds. The van der Waals surface area contributed by atoms with Crippen molar-refractivity contribution in [1.82, 2.24) is 19.4 Å². The van der Waals surface area contributed by atoms with Crippen LogP contribution in [0.1, 0.15) is 42.2 Å². The standard InChI is InChI=1S/C19H26N4O3S/c1-3-11-22-14-18(15(2)21-22)19(24)20-16-9-12-23(13-10-16)27(25,26)17-7-5-4-6-8-17/h4-8,14,16H,3,9-13H2,1-2H3,(H,20,24). The molecule has 1 N–H and O–H groups in total. The van der Waals surface area contributed by atoms with Crippen molar-refractivity contribution in [2.24, 2.45) is 0 Å². The van der Waals surface area contributed by atoms with Crippen LogP contribution < -0.4 is 5.32 Å². The van der Waals surface area contributed by atoms with Crippen molar-refractivity contribution in [2.75, 3.05) is 13.1 Å². The molecule has 1 aromatic heterocycles. The van der Waals surface area contributed by atoms with E-state index < -0.39 is 10.0 Å². The van der Waals surface area contributed by atoms with Gasteiger partial charge in [0.25, 0.3) is 5.91 Å². The minimum atomic E-state index is -3.47. The van der Waals surface area contributed by atoms with Gasteiger partial charge in [-0.3, -0.25) is 9.48 Å². The Morgan fingerprint density at radius 3 is 2.52 bits per heavy atom. The van der Waals surface area contributed by atoms with Crippen LogP contribution in [0.3, 0.4) is 0 Å². The van der Waals surface area contributed by atoms with Crippen molar-refractivity contribution in [3.8, 4) is 0 Å². The Kier molecular flexibility index (Phi) is 5.96. The van der Waals surface area contributed by atoms with Gasteiger partial charge in [0.05, 0.1) is 16.2 Å². The van der Waals surface area contributed by atoms with E-state index in [-0.39, 0.29) is 11.9 Å². The lowest BCUT2D eigenvalue weighted by molar-refractivity contribution is 0.0923. The summed E-state index contributed by atoms with van der Waals surface area (Å²) < 4.78 is 28.6. The summed E-state index contributed by atoms with van der Waals surface area (Å²) in [7, 11) is -3.47. The summed E-state index contributed by atoms with van der Waals surface area (Å²) in [5, 5.41) is 7.39. The maximum atomic E-state index is 12.7. The molecule has 0 unspecified atom stereocenters. The molecule has 0 bridgehead atoms. The van der Waals surface area contributed by atoms with E-state index in [9.17, 15) is 13.2 Å². The van der Waals surface area contributed by atoms with Crippen molar-refractivity contribution in [3.05, 3.63) is 47.8 Å². The third-order valence-electron chi connectivity index (χ3n) is 4.81. The van der Waals surface area contributed by atoms with Crippen molar-refractivity contribution in [3.63, 3.8) is 0 Å². The van der Waals surface area contributed by atoms with Gasteiger partial charge in [-0.05, 0) is 38.3 Å². The van der Waals surface area contributed by atoms with E-state index >= 15 is 0 Å². The predicted molar refractivity (Wildman–Crippen MR) is 103 cm³/mol. The maximum Gasteiger partial charge on any atom is 0.254 e. The van der Waals surface area contributed by atoms with Gasteiger partial charge in [-0.1, -0.05) is 25.1 Å². The summed E-state index contributed by atoms with van der Waals surface area (Å²) in [5.41, 5.74) is 1.30. The fourth-order valence-corrected chi connectivity index (χ4v) is 4.82. The molecule has 7 nitrogen and oxygen atoms in total. The Hall–Kier alpha value is -2.19. The number of piperidine rings is 1. The van der Waals surface area contributed by atoms with Gasteiger partial charge in [-0.2, -0.15) is 9.40 Å². The van der Waals surface area contributed by atoms with Crippen molar-refractivity contribution in [1.29, 1.82) is 0 Å². The molecular weight excluding hydrogens is 364 g/mol. The lowest BCUT2D eigenvalue weighted by Gasteiger charge is -2.31. The van der Waals surface area contributed by atoms with E-state index in [4.69, 9.17) is 0 Å². The number of aromatic nitrogens is 2. The summed E-state index contributed by atoms with van der Waals surface area (Å²) >= 11 is 0. The topological polar surface area (TPSA) is 84.3 Å². The van der Waals surface area contributed by atoms with Gasteiger partial charge in [-0.25, -0.2) is 8.42 Å². The summed E-state index contributed by atoms with van der Waals surface area (Å²) in [6, 6.07) is 8.43. The Bertz CT molecular complexity index is 885. The van der Waals surface area contributed by atoms with Crippen LogP contribution in [-0.4, -0.2) is 47.5 Å². The number of rotatable bonds is 6. The third-order valence-corrected chi connectivity index (χ3v) is 6.73. The average molecular weight is 391 g/mol. The Morgan fingerprint density at radius 1 is 1.22 bits per heavy atom. The van der Waals surface area contributed by atoms with E-state index in [0.717, 1.165) is 13.0 Å². The summed E-state index contributed by atoms with van der Waals surface area (Å²) in [4.78, 5) is 12.9. The molecule has 1 aromatic carbocycles. The zero-order valence-corrected chi connectivity index (χ0v) is 16.6. The first kappa shape index (κ1) is 19.6. The first-order valence-corrected chi connectivity index (χ1v) is 10.8. The molecule has 27 heavy (non-hydrogen) atoms. The summed E-state index contributed by atoms with van der Waals surface area (Å²) in [6.07, 6.45) is 3.93. The van der Waals surface area contributed by atoms with Gasteiger partial charge in [0.1, 0.15) is 0 Å². The zero-order valence-electron chi connectivity index (χ0n) is 15.8. The lowest BCUT2D eigenvalue weighted by Crippen LogP contribution is -2.46. The number of hydrogen-bond acceptors (Lipinski definition) is 4. The number of carbonyl (C=O) groups excluding carboxylic acids is 1. The third kappa shape index (κ3) is 4.39. The second-order valence-corrected chi connectivity index (χ2v) is 8.79. The molecule has 1 saturated heterocycles. The number of hydrogen-bond donors (Lipinski definition) is 1. The van der Waals surface area contributed by atoms with E-state index in [1.165, 1.54) is 4.31 Å². The van der Waals surface area contributed by atoms with E-state index in [2.05, 4.69) is 17.3 Å². The van der Waals surface area contributed by atoms with Crippen molar-refractivity contribution in [2.45, 2.75) is 50.6 Å². The van der Waals surface area contributed by atoms with Crippen molar-refractivity contribution >= 4 is 15.9 Å². The van der Waals surface area contributed by atoms with Crippen LogP contribution in [0, 0.1) is 6.92 Å². The van der Waals surface area contributed by atoms with Gasteiger partial charge in [0.2, 0.25) is 10.0 Å². The van der Waals surface area contributed by atoms with Gasteiger partial charge < -0.3 is 5.32 Å². The molecule has 1 fully saturated rings. The smallest absolute Gasteiger partial charge is 0.254 e. The first-order chi connectivity index (χ1) is 12.9. The first-order valence-electron chi connectivity index (χ1n) is 9.32. The quantitative estimate of drug-likeness (QED) is 0.819. The highest BCUT2D eigenvalue weighted by Crippen LogP contribution is 2.21. The van der Waals surface area contributed by atoms with E-state index in [1.807, 2.05) is 6.92 Å². The number of amides is 1. The molecular formula is C19H26N4O3S. The number of benzene rings is 1. The molecule has 0 radical (unpaired) electrons. The second kappa shape index (κ2) is 8.22. The van der Waals surface area contributed by atoms with Gasteiger partial charge in [0, 0.05) is 31.9 Å². The lowest BCUT2D eigenvalue weighted by atomic mass is 10.1. The number of nitrogens with one attached hydrogen (secondary N) is 1. The highest BCUT2D eigenvalue weighted by molar-refractivity contribution is 7.89. The van der Waals surface area contributed by atoms with E-state index in [0.29, 0.717) is 42.1 Å². The fourth-order valence-electron chi connectivity index (χ4n) is 3.33. The van der Waals surface area contributed by atoms with Crippen LogP contribution in [0.15, 0.2) is 41.4 Å². The average Bonchev–Trinajstić information content (AvgIpc) is 3.04. The number of sulfonamides is 1. The highest BCUT2D eigenvalue weighted by atomic mass is 32.2. The van der Waals surface area contributed by atoms with Gasteiger partial charge in [-0.15, -0.1) is 0 Å². The Balaban J connectivity index is 1.59. The Morgan fingerprint density at radius 2 is 1.89 bits per heavy atom. The van der Waals surface area contributed by atoms with Crippen molar-refractivity contribution < 1.29 is 13.2 Å². The predicted octanol–water partition coefficient (Wildman–Crippen LogP) is 2.18. The summed E-state index contributed by atoms with van der Waals surface area (Å²) in [6.45, 7) is 5.47. The minimum absolute atomic E-state index is 0.0337. The second-order valence-electron chi connectivity index (χ2n) is 6.86. The molecule has 0 atom stereocenters. The molecule has 3 rings (SSSR count). The maximum absolute atomic E-state index is 12.7. The van der Waals surface area contributed by atoms with Crippen LogP contribution in [0.4, 0.5) is 0 Å². The van der Waals surface area contributed by atoms with E-state index in [1.54, 1.807) is 41.2 Å². The minimum Gasteiger partial charge on any atom is -0.349 e. The van der Waals surface area contributed by atoms with Crippen LogP contribution in [-0.2, 0) is 16.6 Å². The molecule has 1 aliphatic heterocycles. The zero-order chi connectivity index (χ0) is 19.4. The monoisotopic (exact) mass is 390 g/mol. The van der Waals surface area contributed by atoms with Crippen LogP contribution in [0.5, 0.6) is 0 Å². The van der Waals surface area contributed by atoms with Crippen LogP contribution >= 0.6 is 0 Å². The largest absolute Gasteiger partial charge is 0.349 e. The highest BCUT2D eigenvalue weighted by Gasteiger charge is 2.30. The SMILES string of the molecule is CCCn1cc(C(=O)NC2CCN(S(=O)(=O)c3ccccc3)CC2)c(C)n1. The molecule has 0 spiro atoms. The Labute approximate surface area is 160 Å². The normalized spacial score (nSPS) is 16.4. The molecule has 1 aliphatic rings. The van der Waals surface area contributed by atoms with Gasteiger partial charge >= 0.3 is 0 Å². The number of nitrogens with zero attached hydrogens (tertiary/aromatic N) is 3. The molecule has 8 heteroatoms. The number of aryl methyl sites for hydroxylation is 2. The molecule has 2 aromatic rings.